The highest BCUT2D eigenvalue weighted by Crippen LogP contribution is 2.48. The van der Waals surface area contributed by atoms with Crippen LogP contribution in [0.2, 0.25) is 0 Å². The highest BCUT2D eigenvalue weighted by atomic mass is 17.0. The summed E-state index contributed by atoms with van der Waals surface area (Å²) in [7, 11) is 0. The molecule has 18 heavy (non-hydrogen) atoms. The first-order chi connectivity index (χ1) is 8.58. The van der Waals surface area contributed by atoms with Crippen LogP contribution in [-0.2, 0) is 9.47 Å². The Hall–Kier alpha value is -0.160. The normalized spacial score (nSPS) is 30.7. The Morgan fingerprint density at radius 2 is 1.50 bits per heavy atom. The molecule has 0 saturated carbocycles. The van der Waals surface area contributed by atoms with Gasteiger partial charge in [-0.3, -0.25) is 4.74 Å². The smallest absolute Gasteiger partial charge is 0.340 e. The molecule has 4 heteroatoms. The second-order valence-corrected chi connectivity index (χ2v) is 5.19. The molecule has 1 rings (SSSR count). The van der Waals surface area contributed by atoms with Gasteiger partial charge in [-0.1, -0.05) is 52.4 Å². The van der Waals surface area contributed by atoms with Crippen LogP contribution in [0.5, 0.6) is 0 Å². The molecule has 108 valence electrons. The molecule has 0 amide bonds. The summed E-state index contributed by atoms with van der Waals surface area (Å²) in [4.78, 5) is 0. The Labute approximate surface area is 110 Å². The highest BCUT2D eigenvalue weighted by molar-refractivity contribution is 4.93. The summed E-state index contributed by atoms with van der Waals surface area (Å²) in [5, 5.41) is 19.8. The van der Waals surface area contributed by atoms with E-state index in [1.165, 1.54) is 12.8 Å². The summed E-state index contributed by atoms with van der Waals surface area (Å²) >= 11 is 0. The molecule has 0 radical (unpaired) electrons. The first-order valence-electron chi connectivity index (χ1n) is 7.37. The maximum atomic E-state index is 9.95. The summed E-state index contributed by atoms with van der Waals surface area (Å²) in [5.74, 6) is -3.21. The fraction of sp³-hybridized carbons (Fsp3) is 1.00. The molecular weight excluding hydrogens is 232 g/mol. The van der Waals surface area contributed by atoms with E-state index in [0.717, 1.165) is 38.5 Å². The number of unbranched alkanes of at least 4 members (excludes halogenated alkanes) is 6. The molecule has 0 aromatic heterocycles. The lowest BCUT2D eigenvalue weighted by molar-refractivity contribution is -0.204. The molecule has 1 aliphatic rings. The van der Waals surface area contributed by atoms with Gasteiger partial charge in [0.15, 0.2) is 0 Å². The summed E-state index contributed by atoms with van der Waals surface area (Å²) < 4.78 is 10.2. The predicted molar refractivity (Wildman–Crippen MR) is 69.8 cm³/mol. The second kappa shape index (κ2) is 7.43. The van der Waals surface area contributed by atoms with Crippen molar-refractivity contribution in [1.82, 2.24) is 0 Å². The van der Waals surface area contributed by atoms with Gasteiger partial charge in [-0.2, -0.15) is 0 Å². The van der Waals surface area contributed by atoms with Crippen LogP contribution in [0.15, 0.2) is 0 Å². The van der Waals surface area contributed by atoms with Crippen LogP contribution in [0.4, 0.5) is 0 Å². The van der Waals surface area contributed by atoms with Gasteiger partial charge in [-0.05, 0) is 12.8 Å². The largest absolute Gasteiger partial charge is 0.359 e. The van der Waals surface area contributed by atoms with Gasteiger partial charge < -0.3 is 14.9 Å². The van der Waals surface area contributed by atoms with Gasteiger partial charge >= 0.3 is 5.97 Å². The zero-order valence-electron chi connectivity index (χ0n) is 11.8. The minimum absolute atomic E-state index is 0.438. The Morgan fingerprint density at radius 3 is 2.11 bits per heavy atom. The van der Waals surface area contributed by atoms with E-state index in [0.29, 0.717) is 13.0 Å². The Balaban J connectivity index is 2.10. The average molecular weight is 260 g/mol. The van der Waals surface area contributed by atoms with Crippen LogP contribution < -0.4 is 0 Å². The first kappa shape index (κ1) is 15.9. The van der Waals surface area contributed by atoms with Crippen LogP contribution in [0, 0.1) is 0 Å². The maximum Gasteiger partial charge on any atom is 0.340 e. The quantitative estimate of drug-likeness (QED) is 0.340. The Kier molecular flexibility index (Phi) is 6.57. The van der Waals surface area contributed by atoms with Gasteiger partial charge in [-0.15, -0.1) is 0 Å². The summed E-state index contributed by atoms with van der Waals surface area (Å²) in [5.41, 5.74) is 0. The molecule has 1 fully saturated rings. The van der Waals surface area contributed by atoms with E-state index >= 15 is 0 Å². The third-order valence-corrected chi connectivity index (χ3v) is 3.42. The number of rotatable bonds is 11. The third-order valence-electron chi connectivity index (χ3n) is 3.42. The molecule has 2 unspecified atom stereocenters. The van der Waals surface area contributed by atoms with Crippen molar-refractivity contribution in [2.45, 2.75) is 83.4 Å². The van der Waals surface area contributed by atoms with E-state index < -0.39 is 11.8 Å². The Morgan fingerprint density at radius 1 is 0.889 bits per heavy atom. The van der Waals surface area contributed by atoms with Crippen molar-refractivity contribution in [3.8, 4) is 0 Å². The van der Waals surface area contributed by atoms with Crippen molar-refractivity contribution in [2.75, 3.05) is 6.61 Å². The SMILES string of the molecule is CCCCCCOC1(O)OC1(O)CCCCCC. The number of aliphatic hydroxyl groups is 2. The van der Waals surface area contributed by atoms with E-state index in [1.54, 1.807) is 0 Å². The van der Waals surface area contributed by atoms with Crippen molar-refractivity contribution in [3.63, 3.8) is 0 Å². The molecule has 1 aliphatic heterocycles. The monoisotopic (exact) mass is 260 g/mol. The van der Waals surface area contributed by atoms with Gasteiger partial charge in [0.05, 0.1) is 6.61 Å². The minimum Gasteiger partial charge on any atom is -0.359 e. The van der Waals surface area contributed by atoms with E-state index in [9.17, 15) is 10.2 Å². The van der Waals surface area contributed by atoms with E-state index in [2.05, 4.69) is 13.8 Å². The van der Waals surface area contributed by atoms with Crippen LogP contribution in [-0.4, -0.2) is 28.6 Å². The van der Waals surface area contributed by atoms with Gasteiger partial charge in [0, 0.05) is 6.42 Å². The molecule has 4 nitrogen and oxygen atoms in total. The van der Waals surface area contributed by atoms with Crippen molar-refractivity contribution in [3.05, 3.63) is 0 Å². The average Bonchev–Trinajstić information content (AvgIpc) is 2.88. The van der Waals surface area contributed by atoms with Gasteiger partial charge in [-0.25, -0.2) is 0 Å². The predicted octanol–water partition coefficient (Wildman–Crippen LogP) is 2.92. The van der Waals surface area contributed by atoms with Crippen molar-refractivity contribution in [1.29, 1.82) is 0 Å². The molecular formula is C14H28O4. The summed E-state index contributed by atoms with van der Waals surface area (Å²) in [6, 6.07) is 0. The van der Waals surface area contributed by atoms with Crippen LogP contribution in [0.25, 0.3) is 0 Å². The van der Waals surface area contributed by atoms with Gasteiger partial charge in [0.2, 0.25) is 0 Å². The van der Waals surface area contributed by atoms with E-state index in [-0.39, 0.29) is 0 Å². The number of hydrogen-bond acceptors (Lipinski definition) is 4. The number of epoxide rings is 1. The lowest BCUT2D eigenvalue weighted by Gasteiger charge is -2.11. The summed E-state index contributed by atoms with van der Waals surface area (Å²) in [6.45, 7) is 4.72. The lowest BCUT2D eigenvalue weighted by Crippen LogP contribution is -2.29. The standard InChI is InChI=1S/C14H28O4/c1-3-5-7-9-11-13(15)14(16,18-13)17-12-10-8-6-4-2/h15-16H,3-12H2,1-2H3. The molecule has 0 bridgehead atoms. The molecule has 0 aromatic rings. The van der Waals surface area contributed by atoms with Gasteiger partial charge in [0.1, 0.15) is 0 Å². The van der Waals surface area contributed by atoms with Crippen molar-refractivity contribution < 1.29 is 19.7 Å². The van der Waals surface area contributed by atoms with Crippen LogP contribution in [0.1, 0.15) is 71.6 Å². The topological polar surface area (TPSA) is 62.2 Å². The van der Waals surface area contributed by atoms with E-state index in [1.807, 2.05) is 0 Å². The molecule has 0 aliphatic carbocycles. The minimum atomic E-state index is -1.74. The van der Waals surface area contributed by atoms with Crippen LogP contribution in [0.3, 0.4) is 0 Å². The maximum absolute atomic E-state index is 9.95. The molecule has 2 atom stereocenters. The van der Waals surface area contributed by atoms with Gasteiger partial charge in [0.25, 0.3) is 5.79 Å². The molecule has 0 spiro atoms. The molecule has 1 heterocycles. The zero-order chi connectivity index (χ0) is 13.5. The number of ether oxygens (including phenoxy) is 2. The zero-order valence-corrected chi connectivity index (χ0v) is 11.8. The fourth-order valence-electron chi connectivity index (χ4n) is 2.09. The Bertz CT molecular complexity index is 234. The third kappa shape index (κ3) is 4.50. The molecule has 2 N–H and O–H groups in total. The van der Waals surface area contributed by atoms with Crippen molar-refractivity contribution >= 4 is 0 Å². The van der Waals surface area contributed by atoms with E-state index in [4.69, 9.17) is 9.47 Å². The highest BCUT2D eigenvalue weighted by Gasteiger charge is 2.71. The lowest BCUT2D eigenvalue weighted by atomic mass is 10.1. The first-order valence-corrected chi connectivity index (χ1v) is 7.37. The molecule has 0 aromatic carbocycles. The van der Waals surface area contributed by atoms with Crippen LogP contribution >= 0.6 is 0 Å². The van der Waals surface area contributed by atoms with Crippen molar-refractivity contribution in [2.24, 2.45) is 0 Å². The fourth-order valence-corrected chi connectivity index (χ4v) is 2.09. The number of hydrogen-bond donors (Lipinski definition) is 2. The molecule has 1 saturated heterocycles. The second-order valence-electron chi connectivity index (χ2n) is 5.19. The summed E-state index contributed by atoms with van der Waals surface area (Å²) in [6.07, 6.45) is 8.96.